The van der Waals surface area contributed by atoms with E-state index in [-0.39, 0.29) is 35.8 Å². The van der Waals surface area contributed by atoms with Crippen molar-refractivity contribution in [2.24, 2.45) is 0 Å². The largest absolute Gasteiger partial charge is 0.478 e. The molecule has 0 fully saturated rings. The van der Waals surface area contributed by atoms with E-state index in [9.17, 15) is 24.5 Å². The van der Waals surface area contributed by atoms with Crippen LogP contribution in [0.3, 0.4) is 0 Å². The third-order valence-electron chi connectivity index (χ3n) is 4.87. The Labute approximate surface area is 166 Å². The Morgan fingerprint density at radius 3 is 2.52 bits per heavy atom. The van der Waals surface area contributed by atoms with E-state index in [1.807, 2.05) is 0 Å². The summed E-state index contributed by atoms with van der Waals surface area (Å²) in [7, 11) is 0. The number of nitro groups is 1. The predicted molar refractivity (Wildman–Crippen MR) is 103 cm³/mol. The minimum absolute atomic E-state index is 0.0784. The van der Waals surface area contributed by atoms with Gasteiger partial charge in [-0.3, -0.25) is 19.7 Å². The highest BCUT2D eigenvalue weighted by Crippen LogP contribution is 2.21. The molecule has 1 aliphatic rings. The number of carbonyl (C=O) groups excluding carboxylic acids is 2. The molecule has 0 saturated carbocycles. The van der Waals surface area contributed by atoms with E-state index in [1.165, 1.54) is 25.1 Å². The van der Waals surface area contributed by atoms with Crippen molar-refractivity contribution in [1.82, 2.24) is 10.2 Å². The Balaban J connectivity index is 1.62. The van der Waals surface area contributed by atoms with Crippen LogP contribution in [0.5, 0.6) is 0 Å². The van der Waals surface area contributed by atoms with Gasteiger partial charge in [0.05, 0.1) is 17.0 Å². The molecular formula is C20H19N3O6. The fraction of sp³-hybridized carbons (Fsp3) is 0.250. The Morgan fingerprint density at radius 1 is 1.14 bits per heavy atom. The number of hydrogen-bond acceptors (Lipinski definition) is 5. The summed E-state index contributed by atoms with van der Waals surface area (Å²) in [6.07, 6.45) is 0.608. The molecular weight excluding hydrogens is 378 g/mol. The number of nitro benzene ring substituents is 1. The van der Waals surface area contributed by atoms with Crippen LogP contribution in [0.1, 0.15) is 37.4 Å². The molecule has 0 spiro atoms. The smallest absolute Gasteiger partial charge is 0.335 e. The maximum atomic E-state index is 12.5. The number of benzene rings is 2. The van der Waals surface area contributed by atoms with Gasteiger partial charge in [-0.05, 0) is 48.7 Å². The number of aryl methyl sites for hydroxylation is 1. The number of rotatable bonds is 5. The lowest BCUT2D eigenvalue weighted by molar-refractivity contribution is -0.385. The third kappa shape index (κ3) is 4.40. The average Bonchev–Trinajstić information content (AvgIpc) is 2.70. The van der Waals surface area contributed by atoms with Crippen LogP contribution in [0.25, 0.3) is 0 Å². The Hall–Kier alpha value is -3.75. The van der Waals surface area contributed by atoms with Crippen molar-refractivity contribution in [3.05, 3.63) is 74.3 Å². The maximum absolute atomic E-state index is 12.5. The number of carbonyl (C=O) groups is 3. The number of aromatic carboxylic acids is 1. The number of nitrogens with zero attached hydrogens (tertiary/aromatic N) is 2. The normalized spacial score (nSPS) is 12.8. The summed E-state index contributed by atoms with van der Waals surface area (Å²) in [5.41, 5.74) is 2.46. The van der Waals surface area contributed by atoms with Crippen LogP contribution in [0.4, 0.5) is 5.69 Å². The number of nitrogens with one attached hydrogen (secondary N) is 1. The molecule has 0 saturated heterocycles. The monoisotopic (exact) mass is 397 g/mol. The highest BCUT2D eigenvalue weighted by molar-refractivity contribution is 5.97. The summed E-state index contributed by atoms with van der Waals surface area (Å²) in [5, 5.41) is 22.5. The molecule has 2 aromatic rings. The van der Waals surface area contributed by atoms with Gasteiger partial charge in [0.1, 0.15) is 0 Å². The summed E-state index contributed by atoms with van der Waals surface area (Å²) in [5.74, 6) is -1.81. The fourth-order valence-electron chi connectivity index (χ4n) is 3.27. The van der Waals surface area contributed by atoms with E-state index in [0.717, 1.165) is 11.1 Å². The lowest BCUT2D eigenvalue weighted by Gasteiger charge is -2.29. The second-order valence-corrected chi connectivity index (χ2v) is 6.79. The van der Waals surface area contributed by atoms with Crippen LogP contribution in [0.15, 0.2) is 36.4 Å². The number of carboxylic acids is 1. The molecule has 2 aromatic carbocycles. The zero-order valence-corrected chi connectivity index (χ0v) is 15.7. The first-order valence-corrected chi connectivity index (χ1v) is 8.92. The first kappa shape index (κ1) is 20.0. The van der Waals surface area contributed by atoms with Gasteiger partial charge < -0.3 is 15.3 Å². The maximum Gasteiger partial charge on any atom is 0.335 e. The molecule has 9 nitrogen and oxygen atoms in total. The van der Waals surface area contributed by atoms with E-state index in [0.29, 0.717) is 18.5 Å². The topological polar surface area (TPSA) is 130 Å². The molecule has 0 unspecified atom stereocenters. The lowest BCUT2D eigenvalue weighted by Crippen LogP contribution is -2.42. The van der Waals surface area contributed by atoms with Gasteiger partial charge in [-0.15, -0.1) is 0 Å². The van der Waals surface area contributed by atoms with Gasteiger partial charge >= 0.3 is 5.97 Å². The van der Waals surface area contributed by atoms with Crippen molar-refractivity contribution < 1.29 is 24.4 Å². The second kappa shape index (κ2) is 8.09. The SMILES string of the molecule is Cc1cc(C(=O)NCC(=O)N2CCc3ccc(C(=O)O)cc3C2)ccc1[N+](=O)[O-]. The molecule has 2 amide bonds. The fourth-order valence-corrected chi connectivity index (χ4v) is 3.27. The van der Waals surface area contributed by atoms with Crippen LogP contribution in [-0.2, 0) is 17.8 Å². The zero-order chi connectivity index (χ0) is 21.1. The molecule has 150 valence electrons. The number of amides is 2. The predicted octanol–water partition coefficient (Wildman–Crippen LogP) is 1.92. The number of fused-ring (bicyclic) bond motifs is 1. The van der Waals surface area contributed by atoms with Crippen LogP contribution in [0, 0.1) is 17.0 Å². The first-order chi connectivity index (χ1) is 13.8. The summed E-state index contributed by atoms with van der Waals surface area (Å²) < 4.78 is 0. The van der Waals surface area contributed by atoms with Crippen LogP contribution >= 0.6 is 0 Å². The minimum Gasteiger partial charge on any atom is -0.478 e. The lowest BCUT2D eigenvalue weighted by atomic mass is 9.97. The summed E-state index contributed by atoms with van der Waals surface area (Å²) in [6.45, 7) is 2.08. The van der Waals surface area contributed by atoms with E-state index in [4.69, 9.17) is 5.11 Å². The van der Waals surface area contributed by atoms with Crippen molar-refractivity contribution in [3.8, 4) is 0 Å². The van der Waals surface area contributed by atoms with E-state index < -0.39 is 16.8 Å². The van der Waals surface area contributed by atoms with Crippen molar-refractivity contribution in [1.29, 1.82) is 0 Å². The molecule has 0 radical (unpaired) electrons. The van der Waals surface area contributed by atoms with E-state index in [2.05, 4.69) is 5.32 Å². The number of hydrogen-bond donors (Lipinski definition) is 2. The van der Waals surface area contributed by atoms with Gasteiger partial charge in [-0.2, -0.15) is 0 Å². The Bertz CT molecular complexity index is 1020. The molecule has 3 rings (SSSR count). The molecule has 29 heavy (non-hydrogen) atoms. The minimum atomic E-state index is -1.03. The summed E-state index contributed by atoms with van der Waals surface area (Å²) in [4.78, 5) is 47.8. The standard InChI is InChI=1S/C20H19N3O6/c1-12-8-14(4-5-17(12)23(28)29)19(25)21-10-18(24)22-7-6-13-2-3-15(20(26)27)9-16(13)11-22/h2-5,8-9H,6-7,10-11H2,1H3,(H,21,25)(H,26,27). The van der Waals surface area contributed by atoms with Crippen molar-refractivity contribution >= 4 is 23.5 Å². The van der Waals surface area contributed by atoms with Crippen molar-refractivity contribution in [3.63, 3.8) is 0 Å². The first-order valence-electron chi connectivity index (χ1n) is 8.92. The molecule has 0 atom stereocenters. The van der Waals surface area contributed by atoms with Gasteiger partial charge in [0.25, 0.3) is 11.6 Å². The average molecular weight is 397 g/mol. The van der Waals surface area contributed by atoms with Gasteiger partial charge in [0.15, 0.2) is 0 Å². The Kier molecular flexibility index (Phi) is 5.58. The van der Waals surface area contributed by atoms with Crippen molar-refractivity contribution in [2.75, 3.05) is 13.1 Å². The van der Waals surface area contributed by atoms with Gasteiger partial charge in [-0.25, -0.2) is 4.79 Å². The molecule has 9 heteroatoms. The third-order valence-corrected chi connectivity index (χ3v) is 4.87. The zero-order valence-electron chi connectivity index (χ0n) is 15.7. The Morgan fingerprint density at radius 2 is 1.86 bits per heavy atom. The summed E-state index contributed by atoms with van der Waals surface area (Å²) >= 11 is 0. The van der Waals surface area contributed by atoms with Gasteiger partial charge in [0, 0.05) is 30.3 Å². The molecule has 2 N–H and O–H groups in total. The quantitative estimate of drug-likeness (QED) is 0.586. The van der Waals surface area contributed by atoms with Gasteiger partial charge in [0.2, 0.25) is 5.91 Å². The van der Waals surface area contributed by atoms with Crippen molar-refractivity contribution in [2.45, 2.75) is 19.9 Å². The number of carboxylic acid groups (broad SMARTS) is 1. The van der Waals surface area contributed by atoms with Gasteiger partial charge in [-0.1, -0.05) is 6.07 Å². The molecule has 1 heterocycles. The molecule has 0 bridgehead atoms. The molecule has 1 aliphatic heterocycles. The highest BCUT2D eigenvalue weighted by atomic mass is 16.6. The van der Waals surface area contributed by atoms with Crippen LogP contribution < -0.4 is 5.32 Å². The van der Waals surface area contributed by atoms with Crippen LogP contribution in [-0.4, -0.2) is 45.8 Å². The second-order valence-electron chi connectivity index (χ2n) is 6.79. The van der Waals surface area contributed by atoms with Crippen LogP contribution in [0.2, 0.25) is 0 Å². The molecule has 0 aromatic heterocycles. The van der Waals surface area contributed by atoms with E-state index in [1.54, 1.807) is 23.1 Å². The summed E-state index contributed by atoms with van der Waals surface area (Å²) in [6, 6.07) is 8.88. The highest BCUT2D eigenvalue weighted by Gasteiger charge is 2.22. The van der Waals surface area contributed by atoms with E-state index >= 15 is 0 Å². The molecule has 0 aliphatic carbocycles.